The standard InChI is InChI=1S/C13H27N3O3S/c1-3-10-20(18,19)16-8-5-12(6-9-16)15-13(17)11(2)4-7-14/h11-12H,3-10,14H2,1-2H3,(H,15,17). The molecule has 3 N–H and O–H groups in total. The summed E-state index contributed by atoms with van der Waals surface area (Å²) >= 11 is 0. The second-order valence-corrected chi connectivity index (χ2v) is 7.56. The minimum Gasteiger partial charge on any atom is -0.353 e. The van der Waals surface area contributed by atoms with Crippen molar-refractivity contribution in [2.24, 2.45) is 11.7 Å². The number of carbonyl (C=O) groups excluding carboxylic acids is 1. The average Bonchev–Trinajstić information content (AvgIpc) is 2.39. The normalized spacial score (nSPS) is 19.8. The monoisotopic (exact) mass is 305 g/mol. The van der Waals surface area contributed by atoms with Gasteiger partial charge in [0.15, 0.2) is 0 Å². The van der Waals surface area contributed by atoms with Gasteiger partial charge in [0.1, 0.15) is 0 Å². The highest BCUT2D eigenvalue weighted by Gasteiger charge is 2.28. The van der Waals surface area contributed by atoms with Crippen molar-refractivity contribution >= 4 is 15.9 Å². The molecule has 1 unspecified atom stereocenters. The van der Waals surface area contributed by atoms with Crippen LogP contribution in [0.15, 0.2) is 0 Å². The molecule has 1 atom stereocenters. The zero-order valence-electron chi connectivity index (χ0n) is 12.5. The summed E-state index contributed by atoms with van der Waals surface area (Å²) in [4.78, 5) is 11.9. The molecule has 1 fully saturated rings. The molecule has 118 valence electrons. The first-order chi connectivity index (χ1) is 9.40. The van der Waals surface area contributed by atoms with E-state index in [0.717, 1.165) is 0 Å². The van der Waals surface area contributed by atoms with E-state index in [9.17, 15) is 13.2 Å². The van der Waals surface area contributed by atoms with Gasteiger partial charge in [-0.05, 0) is 32.2 Å². The van der Waals surface area contributed by atoms with Gasteiger partial charge in [-0.3, -0.25) is 4.79 Å². The van der Waals surface area contributed by atoms with Crippen LogP contribution in [0.2, 0.25) is 0 Å². The molecular formula is C13H27N3O3S. The maximum Gasteiger partial charge on any atom is 0.223 e. The molecule has 1 aliphatic rings. The number of hydrogen-bond acceptors (Lipinski definition) is 4. The zero-order chi connectivity index (χ0) is 15.2. The Hall–Kier alpha value is -0.660. The van der Waals surface area contributed by atoms with Crippen molar-refractivity contribution in [3.8, 4) is 0 Å². The number of nitrogens with zero attached hydrogens (tertiary/aromatic N) is 1. The van der Waals surface area contributed by atoms with Crippen molar-refractivity contribution in [1.82, 2.24) is 9.62 Å². The van der Waals surface area contributed by atoms with Gasteiger partial charge in [-0.25, -0.2) is 12.7 Å². The summed E-state index contributed by atoms with van der Waals surface area (Å²) in [6.45, 7) is 5.23. The van der Waals surface area contributed by atoms with Crippen LogP contribution in [0.1, 0.15) is 39.5 Å². The van der Waals surface area contributed by atoms with E-state index in [-0.39, 0.29) is 23.6 Å². The Morgan fingerprint density at radius 2 is 2.00 bits per heavy atom. The van der Waals surface area contributed by atoms with Crippen LogP contribution >= 0.6 is 0 Å². The summed E-state index contributed by atoms with van der Waals surface area (Å²) in [5.41, 5.74) is 5.44. The zero-order valence-corrected chi connectivity index (χ0v) is 13.3. The highest BCUT2D eigenvalue weighted by molar-refractivity contribution is 7.89. The van der Waals surface area contributed by atoms with E-state index < -0.39 is 10.0 Å². The number of hydrogen-bond donors (Lipinski definition) is 2. The molecular weight excluding hydrogens is 278 g/mol. The SMILES string of the molecule is CCCS(=O)(=O)N1CCC(NC(=O)C(C)CCN)CC1. The largest absolute Gasteiger partial charge is 0.353 e. The van der Waals surface area contributed by atoms with E-state index >= 15 is 0 Å². The van der Waals surface area contributed by atoms with E-state index in [0.29, 0.717) is 45.3 Å². The third kappa shape index (κ3) is 5.03. The lowest BCUT2D eigenvalue weighted by Crippen LogP contribution is -2.48. The highest BCUT2D eigenvalue weighted by atomic mass is 32.2. The highest BCUT2D eigenvalue weighted by Crippen LogP contribution is 2.15. The number of nitrogens with one attached hydrogen (secondary N) is 1. The predicted molar refractivity (Wildman–Crippen MR) is 79.7 cm³/mol. The number of rotatable bonds is 7. The van der Waals surface area contributed by atoms with Crippen molar-refractivity contribution in [3.63, 3.8) is 0 Å². The molecule has 0 aromatic heterocycles. The first kappa shape index (κ1) is 17.4. The number of nitrogens with two attached hydrogens (primary N) is 1. The molecule has 7 heteroatoms. The molecule has 1 saturated heterocycles. The first-order valence-electron chi connectivity index (χ1n) is 7.39. The molecule has 0 radical (unpaired) electrons. The molecule has 1 heterocycles. The van der Waals surface area contributed by atoms with Crippen LogP contribution in [0.5, 0.6) is 0 Å². The lowest BCUT2D eigenvalue weighted by Gasteiger charge is -2.32. The van der Waals surface area contributed by atoms with Gasteiger partial charge in [-0.2, -0.15) is 0 Å². The molecule has 20 heavy (non-hydrogen) atoms. The summed E-state index contributed by atoms with van der Waals surface area (Å²) < 4.78 is 25.4. The Morgan fingerprint density at radius 3 is 2.50 bits per heavy atom. The number of sulfonamides is 1. The minimum atomic E-state index is -3.11. The molecule has 6 nitrogen and oxygen atoms in total. The fraction of sp³-hybridized carbons (Fsp3) is 0.923. The van der Waals surface area contributed by atoms with E-state index in [1.165, 1.54) is 0 Å². The fourth-order valence-electron chi connectivity index (χ4n) is 2.39. The predicted octanol–water partition coefficient (Wildman–Crippen LogP) is 0.292. The maximum absolute atomic E-state index is 11.9. The summed E-state index contributed by atoms with van der Waals surface area (Å²) in [5, 5.41) is 2.99. The number of piperidine rings is 1. The lowest BCUT2D eigenvalue weighted by molar-refractivity contribution is -0.125. The van der Waals surface area contributed by atoms with Crippen LogP contribution < -0.4 is 11.1 Å². The summed E-state index contributed by atoms with van der Waals surface area (Å²) in [6.07, 6.45) is 2.68. The van der Waals surface area contributed by atoms with E-state index in [2.05, 4.69) is 5.32 Å². The van der Waals surface area contributed by atoms with Crippen LogP contribution in [0.3, 0.4) is 0 Å². The Kier molecular flexibility index (Phi) is 6.91. The Labute approximate surface area is 122 Å². The van der Waals surface area contributed by atoms with E-state index in [4.69, 9.17) is 5.73 Å². The van der Waals surface area contributed by atoms with Gasteiger partial charge >= 0.3 is 0 Å². The average molecular weight is 305 g/mol. The molecule has 0 aromatic rings. The number of amides is 1. The van der Waals surface area contributed by atoms with Crippen molar-refractivity contribution < 1.29 is 13.2 Å². The minimum absolute atomic E-state index is 0.0188. The Bertz CT molecular complexity index is 403. The third-order valence-corrected chi connectivity index (χ3v) is 5.78. The second-order valence-electron chi connectivity index (χ2n) is 5.48. The van der Waals surface area contributed by atoms with Gasteiger partial charge in [-0.15, -0.1) is 0 Å². The summed E-state index contributed by atoms with van der Waals surface area (Å²) in [7, 11) is -3.11. The fourth-order valence-corrected chi connectivity index (χ4v) is 3.93. The van der Waals surface area contributed by atoms with Crippen molar-refractivity contribution in [3.05, 3.63) is 0 Å². The van der Waals surface area contributed by atoms with Crippen molar-refractivity contribution in [2.75, 3.05) is 25.4 Å². The van der Waals surface area contributed by atoms with E-state index in [1.807, 2.05) is 13.8 Å². The molecule has 1 amide bonds. The summed E-state index contributed by atoms with van der Waals surface area (Å²) in [6, 6.07) is 0.0794. The molecule has 0 aliphatic carbocycles. The number of carbonyl (C=O) groups is 1. The quantitative estimate of drug-likeness (QED) is 0.707. The van der Waals surface area contributed by atoms with E-state index in [1.54, 1.807) is 4.31 Å². The van der Waals surface area contributed by atoms with Gasteiger partial charge in [0.2, 0.25) is 15.9 Å². The second kappa shape index (κ2) is 7.95. The Morgan fingerprint density at radius 1 is 1.40 bits per heavy atom. The van der Waals surface area contributed by atoms with Crippen LogP contribution in [-0.2, 0) is 14.8 Å². The van der Waals surface area contributed by atoms with Crippen LogP contribution in [0.4, 0.5) is 0 Å². The van der Waals surface area contributed by atoms with Gasteiger partial charge < -0.3 is 11.1 Å². The van der Waals surface area contributed by atoms with Gasteiger partial charge in [0.05, 0.1) is 5.75 Å². The summed E-state index contributed by atoms with van der Waals surface area (Å²) in [5.74, 6) is 0.143. The Balaban J connectivity index is 2.41. The smallest absolute Gasteiger partial charge is 0.223 e. The van der Waals surface area contributed by atoms with Crippen LogP contribution in [0, 0.1) is 5.92 Å². The van der Waals surface area contributed by atoms with Crippen molar-refractivity contribution in [1.29, 1.82) is 0 Å². The molecule has 1 aliphatic heterocycles. The van der Waals surface area contributed by atoms with Crippen LogP contribution in [-0.4, -0.2) is 50.1 Å². The molecule has 1 rings (SSSR count). The van der Waals surface area contributed by atoms with Gasteiger partial charge in [0, 0.05) is 25.0 Å². The topological polar surface area (TPSA) is 92.5 Å². The third-order valence-electron chi connectivity index (χ3n) is 3.70. The van der Waals surface area contributed by atoms with Gasteiger partial charge in [-0.1, -0.05) is 13.8 Å². The first-order valence-corrected chi connectivity index (χ1v) is 9.00. The molecule has 0 spiro atoms. The molecule has 0 aromatic carbocycles. The maximum atomic E-state index is 11.9. The van der Waals surface area contributed by atoms with Crippen LogP contribution in [0.25, 0.3) is 0 Å². The van der Waals surface area contributed by atoms with Crippen molar-refractivity contribution in [2.45, 2.75) is 45.6 Å². The molecule has 0 bridgehead atoms. The van der Waals surface area contributed by atoms with Gasteiger partial charge in [0.25, 0.3) is 0 Å². The molecule has 0 saturated carbocycles. The lowest BCUT2D eigenvalue weighted by atomic mass is 10.0.